The minimum absolute atomic E-state index is 0.0483. The third kappa shape index (κ3) is 2.64. The second-order valence-corrected chi connectivity index (χ2v) is 5.47. The molecule has 4 heteroatoms. The number of amides is 1. The van der Waals surface area contributed by atoms with Crippen molar-refractivity contribution in [2.75, 3.05) is 14.2 Å². The first-order valence-electron chi connectivity index (χ1n) is 7.28. The average Bonchev–Trinajstić information content (AvgIpc) is 3.35. The second kappa shape index (κ2) is 5.72. The number of hydrogen-bond acceptors (Lipinski definition) is 3. The Morgan fingerprint density at radius 1 is 1.00 bits per heavy atom. The van der Waals surface area contributed by atoms with E-state index >= 15 is 0 Å². The molecule has 0 unspecified atom stereocenters. The van der Waals surface area contributed by atoms with E-state index in [4.69, 9.17) is 9.47 Å². The number of ether oxygens (including phenoxy) is 2. The minimum atomic E-state index is -0.285. The SMILES string of the molecule is COc1ccc(C2(NC(=O)c3ccccc3)CC2)cc1OC. The fourth-order valence-corrected chi connectivity index (χ4v) is 2.62. The molecule has 2 aromatic rings. The van der Waals surface area contributed by atoms with Crippen LogP contribution in [0.3, 0.4) is 0 Å². The van der Waals surface area contributed by atoms with Crippen LogP contribution in [0.15, 0.2) is 48.5 Å². The van der Waals surface area contributed by atoms with E-state index in [1.165, 1.54) is 0 Å². The molecule has 4 nitrogen and oxygen atoms in total. The summed E-state index contributed by atoms with van der Waals surface area (Å²) < 4.78 is 10.6. The summed E-state index contributed by atoms with van der Waals surface area (Å²) in [6.45, 7) is 0. The van der Waals surface area contributed by atoms with Gasteiger partial charge in [0.15, 0.2) is 11.5 Å². The van der Waals surface area contributed by atoms with Gasteiger partial charge >= 0.3 is 0 Å². The summed E-state index contributed by atoms with van der Waals surface area (Å²) in [4.78, 5) is 12.4. The zero-order chi connectivity index (χ0) is 15.6. The number of rotatable bonds is 5. The van der Waals surface area contributed by atoms with Crippen LogP contribution < -0.4 is 14.8 Å². The van der Waals surface area contributed by atoms with E-state index in [9.17, 15) is 4.79 Å². The Morgan fingerprint density at radius 3 is 2.27 bits per heavy atom. The van der Waals surface area contributed by atoms with E-state index in [0.29, 0.717) is 17.1 Å². The quantitative estimate of drug-likeness (QED) is 0.922. The van der Waals surface area contributed by atoms with Crippen LogP contribution in [0, 0.1) is 0 Å². The highest BCUT2D eigenvalue weighted by molar-refractivity contribution is 5.95. The van der Waals surface area contributed by atoms with Gasteiger partial charge < -0.3 is 14.8 Å². The van der Waals surface area contributed by atoms with Crippen LogP contribution in [-0.2, 0) is 5.54 Å². The van der Waals surface area contributed by atoms with E-state index in [0.717, 1.165) is 18.4 Å². The second-order valence-electron chi connectivity index (χ2n) is 5.47. The molecule has 3 rings (SSSR count). The van der Waals surface area contributed by atoms with Crippen LogP contribution in [0.1, 0.15) is 28.8 Å². The summed E-state index contributed by atoms with van der Waals surface area (Å²) in [6.07, 6.45) is 1.86. The van der Waals surface area contributed by atoms with Crippen LogP contribution in [0.5, 0.6) is 11.5 Å². The van der Waals surface area contributed by atoms with Gasteiger partial charge in [-0.3, -0.25) is 4.79 Å². The number of hydrogen-bond donors (Lipinski definition) is 1. The molecule has 1 fully saturated rings. The van der Waals surface area contributed by atoms with Gasteiger partial charge in [-0.1, -0.05) is 24.3 Å². The Balaban J connectivity index is 1.83. The molecule has 1 amide bonds. The zero-order valence-corrected chi connectivity index (χ0v) is 12.8. The van der Waals surface area contributed by atoms with E-state index in [1.54, 1.807) is 14.2 Å². The maximum Gasteiger partial charge on any atom is 0.251 e. The Hall–Kier alpha value is -2.49. The Kier molecular flexibility index (Phi) is 3.75. The van der Waals surface area contributed by atoms with E-state index in [1.807, 2.05) is 48.5 Å². The van der Waals surface area contributed by atoms with Crippen LogP contribution >= 0.6 is 0 Å². The van der Waals surface area contributed by atoms with Gasteiger partial charge in [0, 0.05) is 5.56 Å². The average molecular weight is 297 g/mol. The van der Waals surface area contributed by atoms with Crippen LogP contribution in [0.25, 0.3) is 0 Å². The summed E-state index contributed by atoms with van der Waals surface area (Å²) in [7, 11) is 3.23. The predicted octanol–water partition coefficient (Wildman–Crippen LogP) is 3.12. The van der Waals surface area contributed by atoms with Crippen molar-refractivity contribution < 1.29 is 14.3 Å². The highest BCUT2D eigenvalue weighted by atomic mass is 16.5. The van der Waals surface area contributed by atoms with Crippen LogP contribution in [0.4, 0.5) is 0 Å². The molecule has 0 bridgehead atoms. The third-order valence-corrected chi connectivity index (χ3v) is 4.07. The zero-order valence-electron chi connectivity index (χ0n) is 12.8. The molecule has 2 aromatic carbocycles. The van der Waals surface area contributed by atoms with Crippen molar-refractivity contribution in [2.24, 2.45) is 0 Å². The molecule has 1 N–H and O–H groups in total. The van der Waals surface area contributed by atoms with Gasteiger partial charge in [-0.25, -0.2) is 0 Å². The monoisotopic (exact) mass is 297 g/mol. The van der Waals surface area contributed by atoms with E-state index < -0.39 is 0 Å². The molecule has 0 aromatic heterocycles. The first-order chi connectivity index (χ1) is 10.7. The highest BCUT2D eigenvalue weighted by Crippen LogP contribution is 2.47. The van der Waals surface area contributed by atoms with Gasteiger partial charge in [-0.2, -0.15) is 0 Å². The lowest BCUT2D eigenvalue weighted by Crippen LogP contribution is -2.34. The van der Waals surface area contributed by atoms with Crippen molar-refractivity contribution in [3.8, 4) is 11.5 Å². The Bertz CT molecular complexity index is 678. The number of carbonyl (C=O) groups excluding carboxylic acids is 1. The van der Waals surface area contributed by atoms with Crippen LogP contribution in [-0.4, -0.2) is 20.1 Å². The summed E-state index contributed by atoms with van der Waals surface area (Å²) in [5.41, 5.74) is 1.44. The molecule has 0 aliphatic heterocycles. The number of benzene rings is 2. The van der Waals surface area contributed by atoms with Gasteiger partial charge in [0.05, 0.1) is 19.8 Å². The van der Waals surface area contributed by atoms with Gasteiger partial charge in [0.1, 0.15) is 0 Å². The maximum absolute atomic E-state index is 12.4. The van der Waals surface area contributed by atoms with Crippen molar-refractivity contribution in [1.82, 2.24) is 5.32 Å². The molecule has 22 heavy (non-hydrogen) atoms. The molecule has 0 atom stereocenters. The fraction of sp³-hybridized carbons (Fsp3) is 0.278. The molecule has 1 aliphatic rings. The largest absolute Gasteiger partial charge is 0.493 e. The van der Waals surface area contributed by atoms with Crippen molar-refractivity contribution in [1.29, 1.82) is 0 Å². The van der Waals surface area contributed by atoms with Crippen molar-refractivity contribution in [3.05, 3.63) is 59.7 Å². The molecule has 0 spiro atoms. The van der Waals surface area contributed by atoms with Crippen LogP contribution in [0.2, 0.25) is 0 Å². The lowest BCUT2D eigenvalue weighted by atomic mass is 10.0. The smallest absolute Gasteiger partial charge is 0.251 e. The topological polar surface area (TPSA) is 47.6 Å². The highest BCUT2D eigenvalue weighted by Gasteiger charge is 2.46. The summed E-state index contributed by atoms with van der Waals surface area (Å²) in [5.74, 6) is 1.32. The van der Waals surface area contributed by atoms with Gasteiger partial charge in [0.2, 0.25) is 0 Å². The molecule has 1 saturated carbocycles. The summed E-state index contributed by atoms with van der Waals surface area (Å²) >= 11 is 0. The fourth-order valence-electron chi connectivity index (χ4n) is 2.62. The predicted molar refractivity (Wildman–Crippen MR) is 84.4 cm³/mol. The van der Waals surface area contributed by atoms with Gasteiger partial charge in [-0.15, -0.1) is 0 Å². The molecule has 114 valence electrons. The van der Waals surface area contributed by atoms with Gasteiger partial charge in [0.25, 0.3) is 5.91 Å². The van der Waals surface area contributed by atoms with Crippen molar-refractivity contribution in [3.63, 3.8) is 0 Å². The first-order valence-corrected chi connectivity index (χ1v) is 7.28. The number of carbonyl (C=O) groups is 1. The Labute approximate surface area is 130 Å². The number of methoxy groups -OCH3 is 2. The molecular weight excluding hydrogens is 278 g/mol. The lowest BCUT2D eigenvalue weighted by molar-refractivity contribution is 0.0930. The molecule has 0 saturated heterocycles. The van der Waals surface area contributed by atoms with Gasteiger partial charge in [-0.05, 0) is 42.7 Å². The number of nitrogens with one attached hydrogen (secondary N) is 1. The lowest BCUT2D eigenvalue weighted by Gasteiger charge is -2.19. The normalized spacial score (nSPS) is 15.0. The molecule has 0 radical (unpaired) electrons. The standard InChI is InChI=1S/C18H19NO3/c1-21-15-9-8-14(12-16(15)22-2)18(10-11-18)19-17(20)13-6-4-3-5-7-13/h3-9,12H,10-11H2,1-2H3,(H,19,20). The Morgan fingerprint density at radius 2 is 1.68 bits per heavy atom. The third-order valence-electron chi connectivity index (χ3n) is 4.07. The molecular formula is C18H19NO3. The summed E-state index contributed by atoms with van der Waals surface area (Å²) in [6, 6.07) is 15.1. The van der Waals surface area contributed by atoms with E-state index in [-0.39, 0.29) is 11.4 Å². The minimum Gasteiger partial charge on any atom is -0.493 e. The van der Waals surface area contributed by atoms with Crippen molar-refractivity contribution >= 4 is 5.91 Å². The molecule has 0 heterocycles. The first kappa shape index (κ1) is 14.4. The summed E-state index contributed by atoms with van der Waals surface area (Å²) in [5, 5.41) is 3.15. The van der Waals surface area contributed by atoms with Crippen molar-refractivity contribution in [2.45, 2.75) is 18.4 Å². The van der Waals surface area contributed by atoms with E-state index in [2.05, 4.69) is 5.32 Å². The maximum atomic E-state index is 12.4. The molecule has 1 aliphatic carbocycles.